The first-order chi connectivity index (χ1) is 8.55. The summed E-state index contributed by atoms with van der Waals surface area (Å²) in [4.78, 5) is 3.93. The number of nitrogens with zero attached hydrogens (tertiary/aromatic N) is 4. The lowest BCUT2D eigenvalue weighted by Crippen LogP contribution is -2.15. The summed E-state index contributed by atoms with van der Waals surface area (Å²) in [6.07, 6.45) is 5.11. The van der Waals surface area contributed by atoms with E-state index in [4.69, 9.17) is 4.42 Å². The molecule has 0 radical (unpaired) electrons. The number of pyridine rings is 1. The summed E-state index contributed by atoms with van der Waals surface area (Å²) in [6.45, 7) is 6.35. The molecule has 0 spiro atoms. The van der Waals surface area contributed by atoms with Crippen LogP contribution in [0.1, 0.15) is 26.6 Å². The largest absolute Gasteiger partial charge is 0.443 e. The number of fused-ring (bicyclic) bond motifs is 1. The second-order valence-corrected chi connectivity index (χ2v) is 5.29. The minimum absolute atomic E-state index is 0.0561. The van der Waals surface area contributed by atoms with Crippen LogP contribution in [0.15, 0.2) is 35.3 Å². The Labute approximate surface area is 104 Å². The fourth-order valence-corrected chi connectivity index (χ4v) is 1.91. The number of hydrogen-bond acceptors (Lipinski definition) is 4. The fourth-order valence-electron chi connectivity index (χ4n) is 1.91. The summed E-state index contributed by atoms with van der Waals surface area (Å²) in [7, 11) is 0. The summed E-state index contributed by atoms with van der Waals surface area (Å²) >= 11 is 0. The quantitative estimate of drug-likeness (QED) is 0.658. The number of hydrogen-bond donors (Lipinski definition) is 0. The lowest BCUT2D eigenvalue weighted by molar-refractivity contribution is 0.538. The molecule has 0 saturated heterocycles. The van der Waals surface area contributed by atoms with Gasteiger partial charge in [0, 0.05) is 17.2 Å². The van der Waals surface area contributed by atoms with Crippen molar-refractivity contribution in [3.8, 4) is 11.3 Å². The molecule has 0 aliphatic heterocycles. The third-order valence-corrected chi connectivity index (χ3v) is 2.79. The van der Waals surface area contributed by atoms with Crippen molar-refractivity contribution < 1.29 is 4.42 Å². The van der Waals surface area contributed by atoms with Gasteiger partial charge in [-0.1, -0.05) is 20.8 Å². The topological polar surface area (TPSA) is 56.2 Å². The molecule has 5 heteroatoms. The molecule has 0 bridgehead atoms. The van der Waals surface area contributed by atoms with Crippen molar-refractivity contribution in [3.05, 3.63) is 36.7 Å². The van der Waals surface area contributed by atoms with E-state index in [2.05, 4.69) is 36.0 Å². The Bertz CT molecular complexity index is 677. The zero-order chi connectivity index (χ0) is 12.8. The van der Waals surface area contributed by atoms with Crippen LogP contribution in [0.3, 0.4) is 0 Å². The van der Waals surface area contributed by atoms with Crippen molar-refractivity contribution in [2.45, 2.75) is 26.2 Å². The third-order valence-electron chi connectivity index (χ3n) is 2.79. The molecule has 3 aromatic rings. The van der Waals surface area contributed by atoms with E-state index in [9.17, 15) is 0 Å². The first-order valence-corrected chi connectivity index (χ1v) is 5.80. The smallest absolute Gasteiger partial charge is 0.181 e. The van der Waals surface area contributed by atoms with Crippen LogP contribution in [0.2, 0.25) is 0 Å². The number of oxazole rings is 1. The van der Waals surface area contributed by atoms with E-state index in [1.165, 1.54) is 6.39 Å². The zero-order valence-electron chi connectivity index (χ0n) is 10.6. The molecule has 0 aromatic carbocycles. The summed E-state index contributed by atoms with van der Waals surface area (Å²) in [5.41, 5.74) is 1.74. The minimum Gasteiger partial charge on any atom is -0.443 e. The van der Waals surface area contributed by atoms with Crippen molar-refractivity contribution in [1.82, 2.24) is 19.6 Å². The molecule has 0 unspecified atom stereocenters. The van der Waals surface area contributed by atoms with Crippen molar-refractivity contribution in [2.75, 3.05) is 0 Å². The van der Waals surface area contributed by atoms with Gasteiger partial charge in [-0.3, -0.25) is 4.40 Å². The van der Waals surface area contributed by atoms with Crippen LogP contribution < -0.4 is 0 Å². The molecule has 0 atom stereocenters. The van der Waals surface area contributed by atoms with E-state index in [-0.39, 0.29) is 5.41 Å². The summed E-state index contributed by atoms with van der Waals surface area (Å²) in [6, 6.07) is 3.89. The lowest BCUT2D eigenvalue weighted by Gasteiger charge is -2.15. The highest BCUT2D eigenvalue weighted by Gasteiger charge is 2.21. The van der Waals surface area contributed by atoms with E-state index in [0.29, 0.717) is 0 Å². The second kappa shape index (κ2) is 3.66. The molecule has 0 aliphatic rings. The average molecular weight is 242 g/mol. The van der Waals surface area contributed by atoms with Gasteiger partial charge < -0.3 is 4.42 Å². The molecule has 3 rings (SSSR count). The molecule has 0 aliphatic carbocycles. The zero-order valence-corrected chi connectivity index (χ0v) is 10.6. The predicted molar refractivity (Wildman–Crippen MR) is 67.2 cm³/mol. The van der Waals surface area contributed by atoms with Gasteiger partial charge in [0.1, 0.15) is 5.82 Å². The third kappa shape index (κ3) is 1.68. The molecule has 3 aromatic heterocycles. The molecular weight excluding hydrogens is 228 g/mol. The van der Waals surface area contributed by atoms with Gasteiger partial charge in [-0.25, -0.2) is 4.98 Å². The van der Waals surface area contributed by atoms with Crippen molar-refractivity contribution in [1.29, 1.82) is 0 Å². The fraction of sp³-hybridized carbons (Fsp3) is 0.308. The SMILES string of the molecule is CC(C)(C)c1nnc2ccc(-c3cnco3)cn12. The Morgan fingerprint density at radius 1 is 1.17 bits per heavy atom. The van der Waals surface area contributed by atoms with Gasteiger partial charge in [-0.15, -0.1) is 10.2 Å². The van der Waals surface area contributed by atoms with E-state index in [1.807, 2.05) is 22.7 Å². The van der Waals surface area contributed by atoms with E-state index < -0.39 is 0 Å². The van der Waals surface area contributed by atoms with Gasteiger partial charge in [0.2, 0.25) is 0 Å². The molecule has 3 heterocycles. The Morgan fingerprint density at radius 2 is 2.00 bits per heavy atom. The van der Waals surface area contributed by atoms with Crippen LogP contribution in [0.5, 0.6) is 0 Å². The van der Waals surface area contributed by atoms with Gasteiger partial charge in [0.25, 0.3) is 0 Å². The maximum Gasteiger partial charge on any atom is 0.181 e. The van der Waals surface area contributed by atoms with Crippen LogP contribution in [0.25, 0.3) is 17.0 Å². The van der Waals surface area contributed by atoms with Gasteiger partial charge in [0.05, 0.1) is 6.20 Å². The average Bonchev–Trinajstić information content (AvgIpc) is 2.96. The molecule has 92 valence electrons. The second-order valence-electron chi connectivity index (χ2n) is 5.29. The molecular formula is C13H14N4O. The van der Waals surface area contributed by atoms with Crippen LogP contribution in [0, 0.1) is 0 Å². The van der Waals surface area contributed by atoms with Crippen molar-refractivity contribution in [2.24, 2.45) is 0 Å². The van der Waals surface area contributed by atoms with Crippen LogP contribution in [-0.2, 0) is 5.41 Å². The summed E-state index contributed by atoms with van der Waals surface area (Å²) in [5.74, 6) is 1.67. The molecule has 18 heavy (non-hydrogen) atoms. The van der Waals surface area contributed by atoms with Gasteiger partial charge >= 0.3 is 0 Å². The Morgan fingerprint density at radius 3 is 2.67 bits per heavy atom. The Kier molecular flexibility index (Phi) is 2.23. The lowest BCUT2D eigenvalue weighted by atomic mass is 9.96. The van der Waals surface area contributed by atoms with E-state index in [0.717, 1.165) is 22.8 Å². The van der Waals surface area contributed by atoms with Gasteiger partial charge in [-0.2, -0.15) is 0 Å². The Hall–Kier alpha value is -2.17. The standard InChI is InChI=1S/C13H14N4O/c1-13(2,3)12-16-15-11-5-4-9(7-17(11)12)10-6-14-8-18-10/h4-8H,1-3H3. The maximum atomic E-state index is 5.31. The minimum atomic E-state index is -0.0561. The van der Waals surface area contributed by atoms with Crippen LogP contribution in [0.4, 0.5) is 0 Å². The van der Waals surface area contributed by atoms with E-state index >= 15 is 0 Å². The highest BCUT2D eigenvalue weighted by Crippen LogP contribution is 2.24. The monoisotopic (exact) mass is 242 g/mol. The first kappa shape index (κ1) is 11.0. The molecule has 0 amide bonds. The van der Waals surface area contributed by atoms with Crippen molar-refractivity contribution >= 4 is 5.65 Å². The number of aromatic nitrogens is 4. The molecule has 0 N–H and O–H groups in total. The molecule has 0 saturated carbocycles. The maximum absolute atomic E-state index is 5.31. The highest BCUT2D eigenvalue weighted by molar-refractivity contribution is 5.58. The van der Waals surface area contributed by atoms with Crippen LogP contribution in [-0.4, -0.2) is 19.6 Å². The normalized spacial score (nSPS) is 12.2. The number of rotatable bonds is 1. The first-order valence-electron chi connectivity index (χ1n) is 5.80. The van der Waals surface area contributed by atoms with E-state index in [1.54, 1.807) is 6.20 Å². The summed E-state index contributed by atoms with van der Waals surface area (Å²) < 4.78 is 7.30. The molecule has 5 nitrogen and oxygen atoms in total. The van der Waals surface area contributed by atoms with Gasteiger partial charge in [-0.05, 0) is 12.1 Å². The Balaban J connectivity index is 2.22. The van der Waals surface area contributed by atoms with Gasteiger partial charge in [0.15, 0.2) is 17.8 Å². The molecule has 0 fully saturated rings. The highest BCUT2D eigenvalue weighted by atomic mass is 16.3. The van der Waals surface area contributed by atoms with Crippen molar-refractivity contribution in [3.63, 3.8) is 0 Å². The van der Waals surface area contributed by atoms with Crippen LogP contribution >= 0.6 is 0 Å². The summed E-state index contributed by atoms with van der Waals surface area (Å²) in [5, 5.41) is 8.43. The predicted octanol–water partition coefficient (Wildman–Crippen LogP) is 2.68.